The van der Waals surface area contributed by atoms with Crippen LogP contribution in [-0.4, -0.2) is 28.5 Å². The van der Waals surface area contributed by atoms with Gasteiger partial charge in [0.15, 0.2) is 0 Å². The van der Waals surface area contributed by atoms with Crippen LogP contribution in [0.5, 0.6) is 0 Å². The van der Waals surface area contributed by atoms with E-state index in [4.69, 9.17) is 11.6 Å². The number of rotatable bonds is 2. The number of nitrogens with one attached hydrogen (secondary N) is 2. The standard InChI is InChI=1S/C11H15ClN4O/c1-7-2-4-13-8(6-7)10(17)16-11-14-5-3-9(12)15-11/h3,5,7-8,13H,2,4,6H2,1H3,(H,14,15,16,17). The number of carbonyl (C=O) groups excluding carboxylic acids is 1. The fraction of sp³-hybridized carbons (Fsp3) is 0.545. The summed E-state index contributed by atoms with van der Waals surface area (Å²) in [5, 5.41) is 6.17. The topological polar surface area (TPSA) is 66.9 Å². The average Bonchev–Trinajstić information content (AvgIpc) is 2.29. The minimum atomic E-state index is -0.165. The Hall–Kier alpha value is -1.20. The number of anilines is 1. The van der Waals surface area contributed by atoms with Gasteiger partial charge in [-0.25, -0.2) is 9.97 Å². The summed E-state index contributed by atoms with van der Waals surface area (Å²) in [5.41, 5.74) is 0. The van der Waals surface area contributed by atoms with Crippen LogP contribution in [0.1, 0.15) is 19.8 Å². The van der Waals surface area contributed by atoms with Gasteiger partial charge < -0.3 is 5.32 Å². The zero-order valence-corrected chi connectivity index (χ0v) is 10.4. The van der Waals surface area contributed by atoms with Crippen LogP contribution < -0.4 is 10.6 Å². The number of carbonyl (C=O) groups is 1. The lowest BCUT2D eigenvalue weighted by molar-refractivity contribution is -0.119. The van der Waals surface area contributed by atoms with E-state index in [-0.39, 0.29) is 17.9 Å². The number of piperidine rings is 1. The van der Waals surface area contributed by atoms with Gasteiger partial charge in [0, 0.05) is 6.20 Å². The van der Waals surface area contributed by atoms with Crippen LogP contribution >= 0.6 is 11.6 Å². The van der Waals surface area contributed by atoms with Gasteiger partial charge in [0.2, 0.25) is 11.9 Å². The number of aromatic nitrogens is 2. The number of halogens is 1. The molecule has 2 heterocycles. The van der Waals surface area contributed by atoms with E-state index < -0.39 is 0 Å². The summed E-state index contributed by atoms with van der Waals surface area (Å²) < 4.78 is 0. The molecule has 2 rings (SSSR count). The van der Waals surface area contributed by atoms with Crippen LogP contribution in [0.2, 0.25) is 5.15 Å². The first-order valence-corrected chi connectivity index (χ1v) is 6.06. The maximum Gasteiger partial charge on any atom is 0.243 e. The third-order valence-electron chi connectivity index (χ3n) is 2.84. The van der Waals surface area contributed by atoms with Crippen molar-refractivity contribution in [1.82, 2.24) is 15.3 Å². The molecule has 5 nitrogen and oxygen atoms in total. The minimum absolute atomic E-state index is 0.0983. The third kappa shape index (κ3) is 3.38. The Kier molecular flexibility index (Phi) is 3.91. The summed E-state index contributed by atoms with van der Waals surface area (Å²) in [6, 6.07) is 1.40. The van der Waals surface area contributed by atoms with Crippen molar-refractivity contribution in [2.24, 2.45) is 5.92 Å². The maximum atomic E-state index is 11.9. The lowest BCUT2D eigenvalue weighted by Crippen LogP contribution is -2.45. The predicted octanol–water partition coefficient (Wildman–Crippen LogP) is 1.46. The summed E-state index contributed by atoms with van der Waals surface area (Å²) in [6.45, 7) is 3.02. The van der Waals surface area contributed by atoms with Crippen LogP contribution in [0.25, 0.3) is 0 Å². The quantitative estimate of drug-likeness (QED) is 0.784. The van der Waals surface area contributed by atoms with Gasteiger partial charge in [-0.1, -0.05) is 18.5 Å². The highest BCUT2D eigenvalue weighted by Gasteiger charge is 2.24. The van der Waals surface area contributed by atoms with Gasteiger partial charge in [-0.15, -0.1) is 0 Å². The molecule has 0 aromatic carbocycles. The van der Waals surface area contributed by atoms with E-state index in [0.29, 0.717) is 11.1 Å². The predicted molar refractivity (Wildman–Crippen MR) is 65.9 cm³/mol. The second-order valence-corrected chi connectivity index (χ2v) is 4.72. The zero-order valence-electron chi connectivity index (χ0n) is 9.61. The van der Waals surface area contributed by atoms with E-state index >= 15 is 0 Å². The summed E-state index contributed by atoms with van der Waals surface area (Å²) in [5.74, 6) is 0.716. The van der Waals surface area contributed by atoms with Gasteiger partial charge in [-0.3, -0.25) is 10.1 Å². The summed E-state index contributed by atoms with van der Waals surface area (Å²) in [6.07, 6.45) is 3.46. The van der Waals surface area contributed by atoms with Gasteiger partial charge >= 0.3 is 0 Å². The molecule has 1 aliphatic heterocycles. The summed E-state index contributed by atoms with van der Waals surface area (Å²) in [7, 11) is 0. The molecule has 0 bridgehead atoms. The normalized spacial score (nSPS) is 24.4. The zero-order chi connectivity index (χ0) is 12.3. The Balaban J connectivity index is 1.96. The Morgan fingerprint density at radius 3 is 3.18 bits per heavy atom. The molecule has 92 valence electrons. The fourth-order valence-corrected chi connectivity index (χ4v) is 2.04. The average molecular weight is 255 g/mol. The first-order valence-electron chi connectivity index (χ1n) is 5.68. The van der Waals surface area contributed by atoms with Gasteiger partial charge in [-0.2, -0.15) is 0 Å². The minimum Gasteiger partial charge on any atom is -0.306 e. The molecule has 2 atom stereocenters. The molecule has 0 aliphatic carbocycles. The molecule has 1 saturated heterocycles. The molecule has 1 aliphatic rings. The van der Waals surface area contributed by atoms with Crippen LogP contribution in [0, 0.1) is 5.92 Å². The second kappa shape index (κ2) is 5.42. The smallest absolute Gasteiger partial charge is 0.243 e. The molecule has 1 aromatic heterocycles. The SMILES string of the molecule is CC1CCNC(C(=O)Nc2nccc(Cl)n2)C1. The molecule has 0 radical (unpaired) electrons. The highest BCUT2D eigenvalue weighted by atomic mass is 35.5. The lowest BCUT2D eigenvalue weighted by Gasteiger charge is -2.26. The lowest BCUT2D eigenvalue weighted by atomic mass is 9.94. The molecule has 2 unspecified atom stereocenters. The molecule has 0 saturated carbocycles. The number of nitrogens with zero attached hydrogens (tertiary/aromatic N) is 2. The number of hydrogen-bond donors (Lipinski definition) is 2. The fourth-order valence-electron chi connectivity index (χ4n) is 1.90. The number of hydrogen-bond acceptors (Lipinski definition) is 4. The third-order valence-corrected chi connectivity index (χ3v) is 3.05. The highest BCUT2D eigenvalue weighted by Crippen LogP contribution is 2.16. The molecule has 1 aromatic rings. The Morgan fingerprint density at radius 1 is 1.65 bits per heavy atom. The van der Waals surface area contributed by atoms with Crippen molar-refractivity contribution in [3.8, 4) is 0 Å². The molecule has 0 spiro atoms. The van der Waals surface area contributed by atoms with E-state index in [0.717, 1.165) is 19.4 Å². The van der Waals surface area contributed by atoms with Crippen molar-refractivity contribution in [1.29, 1.82) is 0 Å². The van der Waals surface area contributed by atoms with Crippen LogP contribution in [0.4, 0.5) is 5.95 Å². The van der Waals surface area contributed by atoms with Gasteiger partial charge in [0.1, 0.15) is 5.15 Å². The highest BCUT2D eigenvalue weighted by molar-refractivity contribution is 6.29. The van der Waals surface area contributed by atoms with Crippen molar-refractivity contribution >= 4 is 23.5 Å². The Bertz CT molecular complexity index is 412. The molecule has 17 heavy (non-hydrogen) atoms. The summed E-state index contributed by atoms with van der Waals surface area (Å²) in [4.78, 5) is 19.8. The summed E-state index contributed by atoms with van der Waals surface area (Å²) >= 11 is 5.72. The molecular formula is C11H15ClN4O. The van der Waals surface area contributed by atoms with E-state index in [1.165, 1.54) is 6.20 Å². The molecule has 1 fully saturated rings. The van der Waals surface area contributed by atoms with E-state index in [1.54, 1.807) is 6.07 Å². The van der Waals surface area contributed by atoms with Gasteiger partial charge in [0.25, 0.3) is 0 Å². The second-order valence-electron chi connectivity index (χ2n) is 4.33. The first kappa shape index (κ1) is 12.3. The molecule has 1 amide bonds. The van der Waals surface area contributed by atoms with Crippen molar-refractivity contribution in [3.63, 3.8) is 0 Å². The molecule has 2 N–H and O–H groups in total. The maximum absolute atomic E-state index is 11.9. The van der Waals surface area contributed by atoms with Crippen molar-refractivity contribution in [2.45, 2.75) is 25.8 Å². The van der Waals surface area contributed by atoms with Crippen molar-refractivity contribution < 1.29 is 4.79 Å². The van der Waals surface area contributed by atoms with E-state index in [2.05, 4.69) is 27.5 Å². The molecule has 6 heteroatoms. The van der Waals surface area contributed by atoms with E-state index in [9.17, 15) is 4.79 Å². The van der Waals surface area contributed by atoms with E-state index in [1.807, 2.05) is 0 Å². The first-order chi connectivity index (χ1) is 8.15. The Morgan fingerprint density at radius 2 is 2.47 bits per heavy atom. The van der Waals surface area contributed by atoms with Crippen molar-refractivity contribution in [3.05, 3.63) is 17.4 Å². The number of amides is 1. The van der Waals surface area contributed by atoms with Crippen LogP contribution in [-0.2, 0) is 4.79 Å². The van der Waals surface area contributed by atoms with Crippen LogP contribution in [0.3, 0.4) is 0 Å². The molecular weight excluding hydrogens is 240 g/mol. The van der Waals surface area contributed by atoms with Gasteiger partial charge in [-0.05, 0) is 31.4 Å². The van der Waals surface area contributed by atoms with Crippen LogP contribution in [0.15, 0.2) is 12.3 Å². The Labute approximate surface area is 105 Å². The van der Waals surface area contributed by atoms with Crippen molar-refractivity contribution in [2.75, 3.05) is 11.9 Å². The van der Waals surface area contributed by atoms with Gasteiger partial charge in [0.05, 0.1) is 6.04 Å². The largest absolute Gasteiger partial charge is 0.306 e. The monoisotopic (exact) mass is 254 g/mol.